The van der Waals surface area contributed by atoms with E-state index >= 15 is 0 Å². The van der Waals surface area contributed by atoms with Crippen molar-refractivity contribution in [3.63, 3.8) is 0 Å². The normalized spacial score (nSPS) is 11.2. The summed E-state index contributed by atoms with van der Waals surface area (Å²) < 4.78 is 6.95. The number of rotatable bonds is 7. The second-order valence-electron chi connectivity index (χ2n) is 6.55. The molecule has 0 aliphatic rings. The Hall–Kier alpha value is -2.90. The lowest BCUT2D eigenvalue weighted by Crippen LogP contribution is -2.31. The highest BCUT2D eigenvalue weighted by Gasteiger charge is 2.18. The number of hydrogen-bond donors (Lipinski definition) is 2. The Kier molecular flexibility index (Phi) is 5.74. The van der Waals surface area contributed by atoms with Crippen molar-refractivity contribution in [2.45, 2.75) is 32.7 Å². The van der Waals surface area contributed by atoms with E-state index in [1.807, 2.05) is 24.3 Å². The van der Waals surface area contributed by atoms with Gasteiger partial charge < -0.3 is 15.2 Å². The van der Waals surface area contributed by atoms with Gasteiger partial charge in [-0.05, 0) is 17.0 Å². The zero-order valence-corrected chi connectivity index (χ0v) is 14.5. The maximum atomic E-state index is 11.8. The Morgan fingerprint density at radius 3 is 2.64 bits per heavy atom. The first-order chi connectivity index (χ1) is 11.8. The fraction of sp³-hybridized carbons (Fsp3) is 0.412. The van der Waals surface area contributed by atoms with Crippen LogP contribution in [0.3, 0.4) is 0 Å². The molecule has 0 saturated carbocycles. The van der Waals surface area contributed by atoms with Crippen LogP contribution in [0.5, 0.6) is 5.75 Å². The number of benzene rings is 1. The smallest absolute Gasteiger partial charge is 0.358 e. The third-order valence-corrected chi connectivity index (χ3v) is 3.44. The summed E-state index contributed by atoms with van der Waals surface area (Å²) in [5, 5.41) is 18.5. The Bertz CT molecular complexity index is 749. The van der Waals surface area contributed by atoms with Gasteiger partial charge in [-0.25, -0.2) is 9.48 Å². The highest BCUT2D eigenvalue weighted by molar-refractivity contribution is 5.84. The maximum Gasteiger partial charge on any atom is 0.358 e. The second kappa shape index (κ2) is 7.78. The maximum absolute atomic E-state index is 11.8. The summed E-state index contributed by atoms with van der Waals surface area (Å²) in [6.07, 6.45) is 1.21. The summed E-state index contributed by atoms with van der Waals surface area (Å²) in [6, 6.07) is 7.82. The van der Waals surface area contributed by atoms with E-state index in [0.29, 0.717) is 13.2 Å². The molecule has 1 aromatic heterocycles. The molecule has 1 aromatic carbocycles. The van der Waals surface area contributed by atoms with Crippen molar-refractivity contribution >= 4 is 11.9 Å². The van der Waals surface area contributed by atoms with Gasteiger partial charge in [-0.1, -0.05) is 44.2 Å². The summed E-state index contributed by atoms with van der Waals surface area (Å²) in [5.41, 5.74) is 0.870. The van der Waals surface area contributed by atoms with Gasteiger partial charge in [-0.15, -0.1) is 5.10 Å². The van der Waals surface area contributed by atoms with Crippen molar-refractivity contribution in [1.82, 2.24) is 20.3 Å². The van der Waals surface area contributed by atoms with Crippen LogP contribution >= 0.6 is 0 Å². The third-order valence-electron chi connectivity index (χ3n) is 3.44. The second-order valence-corrected chi connectivity index (χ2v) is 6.55. The number of hydrogen-bond acceptors (Lipinski definition) is 5. The van der Waals surface area contributed by atoms with E-state index in [0.717, 1.165) is 11.3 Å². The zero-order chi connectivity index (χ0) is 18.4. The molecule has 0 fully saturated rings. The van der Waals surface area contributed by atoms with Crippen molar-refractivity contribution in [3.8, 4) is 5.75 Å². The molecule has 2 rings (SSSR count). The molecule has 0 radical (unpaired) electrons. The van der Waals surface area contributed by atoms with E-state index in [9.17, 15) is 9.59 Å². The minimum absolute atomic E-state index is 0.0330. The van der Waals surface area contributed by atoms with Crippen LogP contribution in [0.2, 0.25) is 0 Å². The summed E-state index contributed by atoms with van der Waals surface area (Å²) >= 11 is 0. The number of aromatic carboxylic acids is 1. The molecule has 1 amide bonds. The Morgan fingerprint density at radius 2 is 2.00 bits per heavy atom. The topological polar surface area (TPSA) is 106 Å². The van der Waals surface area contributed by atoms with Crippen molar-refractivity contribution in [2.24, 2.45) is 0 Å². The molecule has 25 heavy (non-hydrogen) atoms. The quantitative estimate of drug-likeness (QED) is 0.735. The van der Waals surface area contributed by atoms with E-state index < -0.39 is 5.97 Å². The van der Waals surface area contributed by atoms with Gasteiger partial charge in [0.1, 0.15) is 18.9 Å². The molecule has 0 aliphatic carbocycles. The number of carbonyl (C=O) groups excluding carboxylic acids is 1. The van der Waals surface area contributed by atoms with Gasteiger partial charge in [0.15, 0.2) is 5.69 Å². The van der Waals surface area contributed by atoms with E-state index in [1.165, 1.54) is 10.9 Å². The predicted molar refractivity (Wildman–Crippen MR) is 90.6 cm³/mol. The predicted octanol–water partition coefficient (Wildman–Crippen LogP) is 1.47. The summed E-state index contributed by atoms with van der Waals surface area (Å²) in [7, 11) is 0. The van der Waals surface area contributed by atoms with Gasteiger partial charge in [0, 0.05) is 0 Å². The first kappa shape index (κ1) is 18.4. The minimum atomic E-state index is -1.18. The molecule has 8 heteroatoms. The number of carboxylic acid groups (broad SMARTS) is 1. The molecule has 0 unspecified atom stereocenters. The van der Waals surface area contributed by atoms with Gasteiger partial charge in [0.05, 0.1) is 12.7 Å². The first-order valence-electron chi connectivity index (χ1n) is 7.90. The van der Waals surface area contributed by atoms with Crippen LogP contribution < -0.4 is 10.1 Å². The highest BCUT2D eigenvalue weighted by atomic mass is 16.5. The number of carbonyl (C=O) groups is 2. The van der Waals surface area contributed by atoms with Crippen LogP contribution in [0.15, 0.2) is 30.5 Å². The fourth-order valence-corrected chi connectivity index (χ4v) is 2.24. The van der Waals surface area contributed by atoms with E-state index in [-0.39, 0.29) is 23.6 Å². The Balaban J connectivity index is 1.79. The zero-order valence-electron chi connectivity index (χ0n) is 14.5. The van der Waals surface area contributed by atoms with Crippen LogP contribution in [-0.2, 0) is 16.8 Å². The number of nitrogens with one attached hydrogen (secondary N) is 1. The van der Waals surface area contributed by atoms with E-state index in [1.54, 1.807) is 0 Å². The van der Waals surface area contributed by atoms with Crippen LogP contribution in [-0.4, -0.2) is 45.1 Å². The monoisotopic (exact) mass is 346 g/mol. The first-order valence-corrected chi connectivity index (χ1v) is 7.90. The average molecular weight is 346 g/mol. The SMILES string of the molecule is CC(C)(C)c1ccccc1OCCNC(=O)Cn1cc(C(=O)O)nn1. The molecule has 2 aromatic rings. The lowest BCUT2D eigenvalue weighted by molar-refractivity contribution is -0.122. The third kappa shape index (κ3) is 5.30. The standard InChI is InChI=1S/C17H22N4O4/c1-17(2,3)12-6-4-5-7-14(12)25-9-8-18-15(22)11-21-10-13(16(23)24)19-20-21/h4-7,10H,8-9,11H2,1-3H3,(H,18,22)(H,23,24). The number of carboxylic acids is 1. The molecule has 2 N–H and O–H groups in total. The number of nitrogens with zero attached hydrogens (tertiary/aromatic N) is 3. The molecule has 134 valence electrons. The van der Waals surface area contributed by atoms with Gasteiger partial charge in [0.2, 0.25) is 5.91 Å². The van der Waals surface area contributed by atoms with Crippen LogP contribution in [0.1, 0.15) is 36.8 Å². The summed E-state index contributed by atoms with van der Waals surface area (Å²) in [4.78, 5) is 22.5. The van der Waals surface area contributed by atoms with Gasteiger partial charge in [0.25, 0.3) is 0 Å². The average Bonchev–Trinajstić information content (AvgIpc) is 3.00. The van der Waals surface area contributed by atoms with Crippen LogP contribution in [0, 0.1) is 0 Å². The molecule has 0 atom stereocenters. The molecule has 8 nitrogen and oxygen atoms in total. The Morgan fingerprint density at radius 1 is 1.28 bits per heavy atom. The molecule has 0 saturated heterocycles. The van der Waals surface area contributed by atoms with Crippen LogP contribution in [0.25, 0.3) is 0 Å². The summed E-state index contributed by atoms with van der Waals surface area (Å²) in [5.74, 6) is -0.682. The minimum Gasteiger partial charge on any atom is -0.491 e. The number of amides is 1. The molecule has 0 spiro atoms. The van der Waals surface area contributed by atoms with Crippen molar-refractivity contribution in [1.29, 1.82) is 0 Å². The summed E-state index contributed by atoms with van der Waals surface area (Å²) in [6.45, 7) is 6.90. The van der Waals surface area contributed by atoms with Gasteiger partial charge >= 0.3 is 5.97 Å². The lowest BCUT2D eigenvalue weighted by Gasteiger charge is -2.22. The van der Waals surface area contributed by atoms with Crippen molar-refractivity contribution in [3.05, 3.63) is 41.7 Å². The van der Waals surface area contributed by atoms with Gasteiger partial charge in [-0.2, -0.15) is 0 Å². The largest absolute Gasteiger partial charge is 0.491 e. The van der Waals surface area contributed by atoms with E-state index in [2.05, 4.69) is 36.4 Å². The molecule has 1 heterocycles. The lowest BCUT2D eigenvalue weighted by atomic mass is 9.86. The van der Waals surface area contributed by atoms with Gasteiger partial charge in [-0.3, -0.25) is 4.79 Å². The Labute approximate surface area is 145 Å². The number of aromatic nitrogens is 3. The molecule has 0 bridgehead atoms. The van der Waals surface area contributed by atoms with Crippen LogP contribution in [0.4, 0.5) is 0 Å². The fourth-order valence-electron chi connectivity index (χ4n) is 2.24. The van der Waals surface area contributed by atoms with Crippen molar-refractivity contribution in [2.75, 3.05) is 13.2 Å². The highest BCUT2D eigenvalue weighted by Crippen LogP contribution is 2.30. The molecular formula is C17H22N4O4. The number of ether oxygens (including phenoxy) is 1. The molecular weight excluding hydrogens is 324 g/mol. The number of para-hydroxylation sites is 1. The molecule has 0 aliphatic heterocycles. The van der Waals surface area contributed by atoms with E-state index in [4.69, 9.17) is 9.84 Å². The van der Waals surface area contributed by atoms with Crippen molar-refractivity contribution < 1.29 is 19.4 Å².